The molecular formula is C34H48N2O6. The molecule has 230 valence electrons. The van der Waals surface area contributed by atoms with E-state index in [0.717, 1.165) is 51.9 Å². The third-order valence-corrected chi connectivity index (χ3v) is 8.74. The standard InChI is InChI=1S/C34H48N2O6/c1-6-39-28-13-11-25(12-14-28)31(37)42-34(5,27-17-21-36-22-18-27)23-24(2)40-30-10-8-7-9-29(30)32(38)41-33(3,4)26-15-19-35-20-16-26/h7-14,24,26-27,35-36H,6,15-23H2,1-5H3. The van der Waals surface area contributed by atoms with Crippen LogP contribution in [0.3, 0.4) is 0 Å². The van der Waals surface area contributed by atoms with Gasteiger partial charge in [0.15, 0.2) is 0 Å². The summed E-state index contributed by atoms with van der Waals surface area (Å²) in [6, 6.07) is 14.3. The smallest absolute Gasteiger partial charge is 0.342 e. The van der Waals surface area contributed by atoms with Crippen LogP contribution in [0, 0.1) is 11.8 Å². The highest BCUT2D eigenvalue weighted by atomic mass is 16.6. The summed E-state index contributed by atoms with van der Waals surface area (Å²) in [5.74, 6) is 0.905. The van der Waals surface area contributed by atoms with Gasteiger partial charge in [-0.15, -0.1) is 0 Å². The summed E-state index contributed by atoms with van der Waals surface area (Å²) in [5, 5.41) is 6.78. The number of carbonyl (C=O) groups excluding carboxylic acids is 2. The Morgan fingerprint density at radius 2 is 1.43 bits per heavy atom. The van der Waals surface area contributed by atoms with Crippen LogP contribution < -0.4 is 20.1 Å². The van der Waals surface area contributed by atoms with E-state index in [0.29, 0.717) is 41.6 Å². The molecule has 2 aliphatic heterocycles. The van der Waals surface area contributed by atoms with Crippen LogP contribution in [0.4, 0.5) is 0 Å². The number of hydrogen-bond donors (Lipinski definition) is 2. The molecule has 0 amide bonds. The molecule has 8 nitrogen and oxygen atoms in total. The lowest BCUT2D eigenvalue weighted by Crippen LogP contribution is -2.47. The maximum Gasteiger partial charge on any atom is 0.342 e. The average Bonchev–Trinajstić information content (AvgIpc) is 2.98. The van der Waals surface area contributed by atoms with Crippen LogP contribution in [0.1, 0.15) is 87.4 Å². The van der Waals surface area contributed by atoms with Gasteiger partial charge in [0, 0.05) is 18.3 Å². The molecule has 4 rings (SSSR count). The van der Waals surface area contributed by atoms with Gasteiger partial charge in [0.05, 0.1) is 18.3 Å². The van der Waals surface area contributed by atoms with Crippen molar-refractivity contribution in [1.29, 1.82) is 0 Å². The van der Waals surface area contributed by atoms with E-state index in [4.69, 9.17) is 18.9 Å². The van der Waals surface area contributed by atoms with E-state index in [-0.39, 0.29) is 24.0 Å². The normalized spacial score (nSPS) is 18.9. The first-order chi connectivity index (χ1) is 20.1. The topological polar surface area (TPSA) is 95.1 Å². The first kappa shape index (κ1) is 31.8. The zero-order valence-electron chi connectivity index (χ0n) is 25.9. The molecule has 8 heteroatoms. The first-order valence-electron chi connectivity index (χ1n) is 15.5. The molecule has 0 aliphatic carbocycles. The highest BCUT2D eigenvalue weighted by Gasteiger charge is 2.41. The first-order valence-corrected chi connectivity index (χ1v) is 15.5. The van der Waals surface area contributed by atoms with Gasteiger partial charge in [0.1, 0.15) is 28.3 Å². The highest BCUT2D eigenvalue weighted by Crippen LogP contribution is 2.36. The van der Waals surface area contributed by atoms with Crippen LogP contribution in [0.25, 0.3) is 0 Å². The molecule has 0 aromatic heterocycles. The van der Waals surface area contributed by atoms with Gasteiger partial charge in [-0.2, -0.15) is 0 Å². The third-order valence-electron chi connectivity index (χ3n) is 8.74. The van der Waals surface area contributed by atoms with Gasteiger partial charge in [0.25, 0.3) is 0 Å². The molecule has 2 heterocycles. The van der Waals surface area contributed by atoms with Crippen molar-refractivity contribution in [2.75, 3.05) is 32.8 Å². The predicted octanol–water partition coefficient (Wildman–Crippen LogP) is 5.79. The van der Waals surface area contributed by atoms with E-state index in [2.05, 4.69) is 10.6 Å². The average molecular weight is 581 g/mol. The number of nitrogens with one attached hydrogen (secondary N) is 2. The Morgan fingerprint density at radius 1 is 0.833 bits per heavy atom. The number of para-hydroxylation sites is 1. The van der Waals surface area contributed by atoms with E-state index >= 15 is 0 Å². The van der Waals surface area contributed by atoms with Crippen molar-refractivity contribution in [3.63, 3.8) is 0 Å². The highest BCUT2D eigenvalue weighted by molar-refractivity contribution is 5.92. The van der Waals surface area contributed by atoms with Crippen LogP contribution in [0.5, 0.6) is 11.5 Å². The second kappa shape index (κ2) is 14.4. The van der Waals surface area contributed by atoms with E-state index in [1.807, 2.05) is 46.8 Å². The Balaban J connectivity index is 1.47. The Morgan fingerprint density at radius 3 is 2.05 bits per heavy atom. The lowest BCUT2D eigenvalue weighted by Gasteiger charge is -2.41. The molecule has 0 radical (unpaired) electrons. The predicted molar refractivity (Wildman–Crippen MR) is 163 cm³/mol. The lowest BCUT2D eigenvalue weighted by atomic mass is 9.78. The molecule has 2 aromatic carbocycles. The number of esters is 2. The van der Waals surface area contributed by atoms with Crippen molar-refractivity contribution in [2.45, 2.75) is 84.0 Å². The number of benzene rings is 2. The van der Waals surface area contributed by atoms with E-state index in [1.165, 1.54) is 0 Å². The minimum atomic E-state index is -0.760. The van der Waals surface area contributed by atoms with Crippen LogP contribution >= 0.6 is 0 Å². The molecule has 2 aliphatic rings. The van der Waals surface area contributed by atoms with E-state index in [1.54, 1.807) is 36.4 Å². The summed E-state index contributed by atoms with van der Waals surface area (Å²) >= 11 is 0. The summed E-state index contributed by atoms with van der Waals surface area (Å²) < 4.78 is 24.3. The van der Waals surface area contributed by atoms with Crippen LogP contribution in [0.2, 0.25) is 0 Å². The van der Waals surface area contributed by atoms with Gasteiger partial charge in [-0.05, 0) is 123 Å². The number of hydrogen-bond acceptors (Lipinski definition) is 8. The van der Waals surface area contributed by atoms with Crippen molar-refractivity contribution >= 4 is 11.9 Å². The van der Waals surface area contributed by atoms with Gasteiger partial charge in [-0.3, -0.25) is 0 Å². The third kappa shape index (κ3) is 8.26. The minimum absolute atomic E-state index is 0.169. The molecule has 0 bridgehead atoms. The van der Waals surface area contributed by atoms with Crippen molar-refractivity contribution in [1.82, 2.24) is 10.6 Å². The number of piperidine rings is 2. The summed E-state index contributed by atoms with van der Waals surface area (Å²) in [6.45, 7) is 14.1. The van der Waals surface area contributed by atoms with Crippen molar-refractivity contribution in [3.8, 4) is 11.5 Å². The summed E-state index contributed by atoms with van der Waals surface area (Å²) in [6.07, 6.45) is 3.89. The van der Waals surface area contributed by atoms with E-state index < -0.39 is 11.2 Å². The zero-order chi connectivity index (χ0) is 30.2. The lowest BCUT2D eigenvalue weighted by molar-refractivity contribution is -0.0669. The second-order valence-corrected chi connectivity index (χ2v) is 12.3. The molecule has 2 N–H and O–H groups in total. The molecular weight excluding hydrogens is 532 g/mol. The van der Waals surface area contributed by atoms with Crippen molar-refractivity contribution < 1.29 is 28.5 Å². The van der Waals surface area contributed by atoms with Gasteiger partial charge in [-0.25, -0.2) is 9.59 Å². The van der Waals surface area contributed by atoms with Crippen LogP contribution in [-0.4, -0.2) is 62.0 Å². The molecule has 2 unspecified atom stereocenters. The summed E-state index contributed by atoms with van der Waals surface area (Å²) in [5.41, 5.74) is -0.456. The minimum Gasteiger partial charge on any atom is -0.494 e. The van der Waals surface area contributed by atoms with Crippen LogP contribution in [0.15, 0.2) is 48.5 Å². The number of ether oxygens (including phenoxy) is 4. The Hall–Kier alpha value is -3.10. The van der Waals surface area contributed by atoms with Gasteiger partial charge in [0.2, 0.25) is 0 Å². The fraction of sp³-hybridized carbons (Fsp3) is 0.588. The molecule has 2 saturated heterocycles. The van der Waals surface area contributed by atoms with Gasteiger partial charge >= 0.3 is 11.9 Å². The molecule has 2 fully saturated rings. The Labute approximate surface area is 250 Å². The fourth-order valence-corrected chi connectivity index (χ4v) is 6.31. The Kier molecular flexibility index (Phi) is 10.9. The molecule has 2 aromatic rings. The Bertz CT molecular complexity index is 1170. The number of carbonyl (C=O) groups is 2. The fourth-order valence-electron chi connectivity index (χ4n) is 6.31. The van der Waals surface area contributed by atoms with E-state index in [9.17, 15) is 9.59 Å². The molecule has 2 atom stereocenters. The number of rotatable bonds is 12. The summed E-state index contributed by atoms with van der Waals surface area (Å²) in [7, 11) is 0. The SMILES string of the molecule is CCOc1ccc(C(=O)OC(C)(CC(C)Oc2ccccc2C(=O)OC(C)(C)C2CCNCC2)C2CCNCC2)cc1. The quantitative estimate of drug-likeness (QED) is 0.305. The molecule has 42 heavy (non-hydrogen) atoms. The van der Waals surface area contributed by atoms with Gasteiger partial charge < -0.3 is 29.6 Å². The van der Waals surface area contributed by atoms with Crippen molar-refractivity contribution in [2.24, 2.45) is 11.8 Å². The second-order valence-electron chi connectivity index (χ2n) is 12.3. The van der Waals surface area contributed by atoms with Crippen LogP contribution in [-0.2, 0) is 9.47 Å². The molecule has 0 spiro atoms. The largest absolute Gasteiger partial charge is 0.494 e. The maximum absolute atomic E-state index is 13.4. The maximum atomic E-state index is 13.4. The van der Waals surface area contributed by atoms with Crippen molar-refractivity contribution in [3.05, 3.63) is 59.7 Å². The zero-order valence-corrected chi connectivity index (χ0v) is 25.9. The summed E-state index contributed by atoms with van der Waals surface area (Å²) in [4.78, 5) is 26.7. The monoisotopic (exact) mass is 580 g/mol. The molecule has 0 saturated carbocycles. The van der Waals surface area contributed by atoms with Gasteiger partial charge in [-0.1, -0.05) is 12.1 Å².